The molecule has 5 nitrogen and oxygen atoms in total. The van der Waals surface area contributed by atoms with Gasteiger partial charge in [-0.05, 0) is 46.7 Å². The van der Waals surface area contributed by atoms with Crippen LogP contribution in [0.2, 0.25) is 0 Å². The largest absolute Gasteiger partial charge is 0.507 e. The van der Waals surface area contributed by atoms with E-state index in [0.29, 0.717) is 11.3 Å². The minimum atomic E-state index is -0.526. The number of phenolic OH excluding ortho intramolecular Hbond substituents is 2. The van der Waals surface area contributed by atoms with Crippen molar-refractivity contribution < 1.29 is 15.0 Å². The lowest BCUT2D eigenvalue weighted by Gasteiger charge is -2.10. The lowest BCUT2D eigenvalue weighted by atomic mass is 10.0. The molecule has 0 aliphatic heterocycles. The molecule has 0 radical (unpaired) electrons. The molecule has 0 saturated heterocycles. The summed E-state index contributed by atoms with van der Waals surface area (Å²) in [5.74, 6) is -0.554. The predicted octanol–water partition coefficient (Wildman–Crippen LogP) is 4.56. The molecule has 28 heavy (non-hydrogen) atoms. The molecule has 1 amide bonds. The van der Waals surface area contributed by atoms with Crippen LogP contribution in [0.15, 0.2) is 77.9 Å². The van der Waals surface area contributed by atoms with Gasteiger partial charge < -0.3 is 10.2 Å². The molecule has 0 fully saturated rings. The maximum absolute atomic E-state index is 12.6. The van der Waals surface area contributed by atoms with Crippen molar-refractivity contribution in [2.45, 2.75) is 6.92 Å². The summed E-state index contributed by atoms with van der Waals surface area (Å²) >= 11 is 0. The van der Waals surface area contributed by atoms with Gasteiger partial charge in [-0.15, -0.1) is 0 Å². The van der Waals surface area contributed by atoms with Gasteiger partial charge in [-0.2, -0.15) is 5.10 Å². The summed E-state index contributed by atoms with van der Waals surface area (Å²) in [6.45, 7) is 1.71. The molecule has 0 aliphatic rings. The number of hydrazone groups is 1. The van der Waals surface area contributed by atoms with Crippen molar-refractivity contribution in [1.82, 2.24) is 5.43 Å². The molecule has 0 aromatic heterocycles. The molecular formula is C23H18N2O3. The Morgan fingerprint density at radius 2 is 1.46 bits per heavy atom. The summed E-state index contributed by atoms with van der Waals surface area (Å²) in [7, 11) is 0. The fraction of sp³-hybridized carbons (Fsp3) is 0.0435. The van der Waals surface area contributed by atoms with Crippen LogP contribution in [0, 0.1) is 0 Å². The number of nitrogens with zero attached hydrogens (tertiary/aromatic N) is 1. The van der Waals surface area contributed by atoms with E-state index >= 15 is 0 Å². The smallest absolute Gasteiger partial charge is 0.275 e. The Labute approximate surface area is 161 Å². The summed E-state index contributed by atoms with van der Waals surface area (Å²) in [6, 6.07) is 21.7. The Hall–Kier alpha value is -3.86. The van der Waals surface area contributed by atoms with E-state index in [-0.39, 0.29) is 17.1 Å². The molecule has 0 unspecified atom stereocenters. The standard InChI is InChI=1S/C23H18N2O3/c1-14(22-18-9-5-4-6-15(18)10-11-20(22)26)24-25-23(28)19-12-16-7-2-3-8-17(16)13-21(19)27/h2-13,26-27H,1H3,(H,25,28)/b24-14+. The van der Waals surface area contributed by atoms with E-state index in [0.717, 1.165) is 21.5 Å². The van der Waals surface area contributed by atoms with Crippen molar-refractivity contribution in [2.75, 3.05) is 0 Å². The SMILES string of the molecule is C/C(=N\NC(=O)c1cc2ccccc2cc1O)c1c(O)ccc2ccccc12. The molecule has 4 aromatic carbocycles. The quantitative estimate of drug-likeness (QED) is 0.365. The number of fused-ring (bicyclic) bond motifs is 2. The molecule has 0 heterocycles. The van der Waals surface area contributed by atoms with Gasteiger partial charge >= 0.3 is 0 Å². The average Bonchev–Trinajstić information content (AvgIpc) is 2.71. The lowest BCUT2D eigenvalue weighted by Crippen LogP contribution is -2.19. The second kappa shape index (κ2) is 7.04. The first-order valence-corrected chi connectivity index (χ1v) is 8.82. The first-order valence-electron chi connectivity index (χ1n) is 8.82. The number of benzene rings is 4. The van der Waals surface area contributed by atoms with E-state index < -0.39 is 5.91 Å². The van der Waals surface area contributed by atoms with Gasteiger partial charge in [0, 0.05) is 5.56 Å². The molecule has 0 spiro atoms. The number of hydrogen-bond acceptors (Lipinski definition) is 4. The maximum atomic E-state index is 12.6. The van der Waals surface area contributed by atoms with Crippen molar-refractivity contribution in [3.05, 3.63) is 83.9 Å². The summed E-state index contributed by atoms with van der Waals surface area (Å²) in [4.78, 5) is 12.6. The van der Waals surface area contributed by atoms with Crippen LogP contribution in [0.5, 0.6) is 11.5 Å². The number of amides is 1. The highest BCUT2D eigenvalue weighted by atomic mass is 16.3. The van der Waals surface area contributed by atoms with Gasteiger partial charge in [-0.3, -0.25) is 4.79 Å². The molecule has 4 rings (SSSR count). The molecular weight excluding hydrogens is 352 g/mol. The molecule has 4 aromatic rings. The van der Waals surface area contributed by atoms with Gasteiger partial charge in [0.2, 0.25) is 0 Å². The number of hydrogen-bond donors (Lipinski definition) is 3. The van der Waals surface area contributed by atoms with Crippen LogP contribution < -0.4 is 5.43 Å². The molecule has 3 N–H and O–H groups in total. The van der Waals surface area contributed by atoms with E-state index in [1.54, 1.807) is 25.1 Å². The maximum Gasteiger partial charge on any atom is 0.275 e. The summed E-state index contributed by atoms with van der Waals surface area (Å²) in [6.07, 6.45) is 0. The van der Waals surface area contributed by atoms with Crippen LogP contribution in [0.25, 0.3) is 21.5 Å². The summed E-state index contributed by atoms with van der Waals surface area (Å²) in [5, 5.41) is 28.1. The Morgan fingerprint density at radius 1 is 0.821 bits per heavy atom. The van der Waals surface area contributed by atoms with Crippen molar-refractivity contribution in [3.8, 4) is 11.5 Å². The van der Waals surface area contributed by atoms with E-state index in [1.807, 2.05) is 54.6 Å². The Bertz CT molecular complexity index is 1250. The number of rotatable bonds is 3. The Morgan fingerprint density at radius 3 is 2.21 bits per heavy atom. The first kappa shape index (κ1) is 17.5. The fourth-order valence-corrected chi connectivity index (χ4v) is 3.30. The number of aromatic hydroxyl groups is 2. The number of carbonyl (C=O) groups is 1. The fourth-order valence-electron chi connectivity index (χ4n) is 3.30. The monoisotopic (exact) mass is 370 g/mol. The van der Waals surface area contributed by atoms with Gasteiger partial charge in [-0.1, -0.05) is 54.6 Å². The highest BCUT2D eigenvalue weighted by Gasteiger charge is 2.14. The molecule has 5 heteroatoms. The van der Waals surface area contributed by atoms with Crippen LogP contribution in [0.1, 0.15) is 22.8 Å². The highest BCUT2D eigenvalue weighted by molar-refractivity contribution is 6.12. The van der Waals surface area contributed by atoms with Crippen LogP contribution >= 0.6 is 0 Å². The van der Waals surface area contributed by atoms with Crippen molar-refractivity contribution >= 4 is 33.2 Å². The summed E-state index contributed by atoms with van der Waals surface area (Å²) < 4.78 is 0. The molecule has 0 bridgehead atoms. The molecule has 0 aliphatic carbocycles. The van der Waals surface area contributed by atoms with Gasteiger partial charge in [0.15, 0.2) is 0 Å². The third kappa shape index (κ3) is 3.14. The molecule has 0 atom stereocenters. The zero-order valence-corrected chi connectivity index (χ0v) is 15.2. The number of phenols is 2. The van der Waals surface area contributed by atoms with Gasteiger partial charge in [0.25, 0.3) is 5.91 Å². The first-order chi connectivity index (χ1) is 13.5. The van der Waals surface area contributed by atoms with E-state index in [1.165, 1.54) is 0 Å². The zero-order valence-electron chi connectivity index (χ0n) is 15.2. The lowest BCUT2D eigenvalue weighted by molar-refractivity contribution is 0.0952. The van der Waals surface area contributed by atoms with Gasteiger partial charge in [0.1, 0.15) is 11.5 Å². The van der Waals surface area contributed by atoms with Gasteiger partial charge in [-0.25, -0.2) is 5.43 Å². The Kier molecular flexibility index (Phi) is 4.41. The third-order valence-electron chi connectivity index (χ3n) is 4.70. The van der Waals surface area contributed by atoms with Crippen molar-refractivity contribution in [3.63, 3.8) is 0 Å². The molecule has 138 valence electrons. The predicted molar refractivity (Wildman–Crippen MR) is 111 cm³/mol. The van der Waals surface area contributed by atoms with E-state index in [4.69, 9.17) is 0 Å². The van der Waals surface area contributed by atoms with Crippen LogP contribution in [0.3, 0.4) is 0 Å². The number of carbonyl (C=O) groups excluding carboxylic acids is 1. The average molecular weight is 370 g/mol. The number of nitrogens with one attached hydrogen (secondary N) is 1. The van der Waals surface area contributed by atoms with Gasteiger partial charge in [0.05, 0.1) is 11.3 Å². The minimum absolute atomic E-state index is 0.0859. The van der Waals surface area contributed by atoms with Crippen molar-refractivity contribution in [2.24, 2.45) is 5.10 Å². The van der Waals surface area contributed by atoms with Crippen LogP contribution in [0.4, 0.5) is 0 Å². The Balaban J connectivity index is 1.67. The van der Waals surface area contributed by atoms with Crippen LogP contribution in [-0.2, 0) is 0 Å². The molecule has 0 saturated carbocycles. The highest BCUT2D eigenvalue weighted by Crippen LogP contribution is 2.28. The second-order valence-electron chi connectivity index (χ2n) is 6.54. The topological polar surface area (TPSA) is 81.9 Å². The van der Waals surface area contributed by atoms with Crippen molar-refractivity contribution in [1.29, 1.82) is 0 Å². The van der Waals surface area contributed by atoms with Crippen LogP contribution in [-0.4, -0.2) is 21.8 Å². The van der Waals surface area contributed by atoms with E-state index in [9.17, 15) is 15.0 Å². The third-order valence-corrected chi connectivity index (χ3v) is 4.70. The zero-order chi connectivity index (χ0) is 19.7. The normalized spacial score (nSPS) is 11.7. The van der Waals surface area contributed by atoms with E-state index in [2.05, 4.69) is 10.5 Å². The summed E-state index contributed by atoms with van der Waals surface area (Å²) in [5.41, 5.74) is 3.63. The second-order valence-corrected chi connectivity index (χ2v) is 6.54. The minimum Gasteiger partial charge on any atom is -0.507 e.